The minimum absolute atomic E-state index is 0.0133. The van der Waals surface area contributed by atoms with E-state index in [1.165, 1.54) is 5.56 Å². The molecule has 3 heterocycles. The zero-order valence-corrected chi connectivity index (χ0v) is 17.3. The second kappa shape index (κ2) is 9.60. The molecule has 162 valence electrons. The quantitative estimate of drug-likeness (QED) is 0.746. The highest BCUT2D eigenvalue weighted by Crippen LogP contribution is 2.29. The smallest absolute Gasteiger partial charge is 0.267 e. The van der Waals surface area contributed by atoms with Gasteiger partial charge in [0.05, 0.1) is 6.54 Å². The molecular formula is C23H31N3O4. The van der Waals surface area contributed by atoms with Crippen molar-refractivity contribution in [3.05, 3.63) is 29.8 Å². The number of hydrogen-bond donors (Lipinski definition) is 1. The maximum absolute atomic E-state index is 12.5. The van der Waals surface area contributed by atoms with E-state index in [1.807, 2.05) is 17.0 Å². The molecular weight excluding hydrogens is 382 g/mol. The SMILES string of the molecule is [2H]C1CCN(C(=O)CN2CCC(c3ccc(OC4CCC(=O)NC4=O)cc3)CC2)CC1. The van der Waals surface area contributed by atoms with Gasteiger partial charge < -0.3 is 9.64 Å². The van der Waals surface area contributed by atoms with Gasteiger partial charge in [0.2, 0.25) is 11.8 Å². The number of piperidine rings is 3. The minimum Gasteiger partial charge on any atom is -0.481 e. The first-order valence-corrected chi connectivity index (χ1v) is 11.0. The summed E-state index contributed by atoms with van der Waals surface area (Å²) in [5.41, 5.74) is 1.25. The van der Waals surface area contributed by atoms with E-state index in [1.54, 1.807) is 0 Å². The molecule has 7 nitrogen and oxygen atoms in total. The summed E-state index contributed by atoms with van der Waals surface area (Å²) in [6.07, 6.45) is 3.68. The van der Waals surface area contributed by atoms with Crippen molar-refractivity contribution in [2.45, 2.75) is 56.9 Å². The van der Waals surface area contributed by atoms with Crippen molar-refractivity contribution < 1.29 is 20.5 Å². The van der Waals surface area contributed by atoms with E-state index in [2.05, 4.69) is 22.3 Å². The van der Waals surface area contributed by atoms with E-state index in [-0.39, 0.29) is 24.1 Å². The standard InChI is InChI=1S/C23H31N3O4/c27-21-9-8-20(23(29)24-21)30-19-6-4-17(5-7-19)18-10-14-25(15-11-18)16-22(28)26-12-2-1-3-13-26/h4-7,18,20H,1-3,8-16H2,(H,24,27,29)/i1D. The Balaban J connectivity index is 1.23. The average molecular weight is 415 g/mol. The van der Waals surface area contributed by atoms with E-state index in [0.29, 0.717) is 31.1 Å². The van der Waals surface area contributed by atoms with Crippen LogP contribution in [0.2, 0.25) is 0 Å². The lowest BCUT2D eigenvalue weighted by atomic mass is 9.89. The van der Waals surface area contributed by atoms with Crippen molar-refractivity contribution in [2.24, 2.45) is 0 Å². The van der Waals surface area contributed by atoms with Crippen LogP contribution in [0.25, 0.3) is 0 Å². The van der Waals surface area contributed by atoms with Crippen molar-refractivity contribution >= 4 is 17.7 Å². The van der Waals surface area contributed by atoms with Crippen LogP contribution < -0.4 is 10.1 Å². The van der Waals surface area contributed by atoms with Crippen LogP contribution in [0.15, 0.2) is 24.3 Å². The van der Waals surface area contributed by atoms with Crippen LogP contribution in [-0.2, 0) is 14.4 Å². The van der Waals surface area contributed by atoms with Gasteiger partial charge in [0.1, 0.15) is 5.75 Å². The van der Waals surface area contributed by atoms with Crippen LogP contribution in [0.4, 0.5) is 0 Å². The Morgan fingerprint density at radius 2 is 1.77 bits per heavy atom. The van der Waals surface area contributed by atoms with Crippen molar-refractivity contribution in [1.82, 2.24) is 15.1 Å². The molecule has 1 aromatic rings. The number of nitrogens with zero attached hydrogens (tertiary/aromatic N) is 2. The maximum Gasteiger partial charge on any atom is 0.267 e. The Morgan fingerprint density at radius 1 is 1.07 bits per heavy atom. The fourth-order valence-corrected chi connectivity index (χ4v) is 4.48. The first kappa shape index (κ1) is 19.5. The van der Waals surface area contributed by atoms with Crippen LogP contribution in [0.5, 0.6) is 5.75 Å². The molecule has 0 aliphatic carbocycles. The molecule has 3 fully saturated rings. The van der Waals surface area contributed by atoms with Gasteiger partial charge in [-0.05, 0) is 68.8 Å². The molecule has 0 aromatic heterocycles. The average Bonchev–Trinajstić information content (AvgIpc) is 2.77. The lowest BCUT2D eigenvalue weighted by molar-refractivity contribution is -0.139. The first-order chi connectivity index (χ1) is 15.0. The van der Waals surface area contributed by atoms with Crippen molar-refractivity contribution in [2.75, 3.05) is 32.7 Å². The Morgan fingerprint density at radius 3 is 2.43 bits per heavy atom. The van der Waals surface area contributed by atoms with Crippen LogP contribution in [-0.4, -0.2) is 66.3 Å². The zero-order valence-electron chi connectivity index (χ0n) is 18.3. The minimum atomic E-state index is -0.615. The number of amides is 3. The summed E-state index contributed by atoms with van der Waals surface area (Å²) in [5, 5.41) is 2.31. The molecule has 0 saturated carbocycles. The summed E-state index contributed by atoms with van der Waals surface area (Å²) in [6.45, 7) is 3.72. The summed E-state index contributed by atoms with van der Waals surface area (Å²) in [6, 6.07) is 7.89. The molecule has 0 spiro atoms. The Bertz CT molecular complexity index is 800. The van der Waals surface area contributed by atoms with Crippen LogP contribution in [0.1, 0.15) is 57.8 Å². The fourth-order valence-electron chi connectivity index (χ4n) is 4.48. The van der Waals surface area contributed by atoms with Gasteiger partial charge in [0, 0.05) is 27.3 Å². The molecule has 1 N–H and O–H groups in total. The van der Waals surface area contributed by atoms with Gasteiger partial charge in [-0.15, -0.1) is 0 Å². The second-order valence-electron chi connectivity index (χ2n) is 8.42. The molecule has 0 bridgehead atoms. The number of benzene rings is 1. The number of rotatable bonds is 5. The molecule has 4 rings (SSSR count). The summed E-state index contributed by atoms with van der Waals surface area (Å²) in [4.78, 5) is 39.8. The molecule has 1 aromatic carbocycles. The predicted octanol–water partition coefficient (Wildman–Crippen LogP) is 2.06. The molecule has 7 heteroatoms. The summed E-state index contributed by atoms with van der Waals surface area (Å²) >= 11 is 0. The molecule has 1 atom stereocenters. The van der Waals surface area contributed by atoms with E-state index in [0.717, 1.165) is 51.9 Å². The monoisotopic (exact) mass is 414 g/mol. The van der Waals surface area contributed by atoms with Crippen molar-refractivity contribution in [3.63, 3.8) is 0 Å². The number of hydrogen-bond acceptors (Lipinski definition) is 5. The predicted molar refractivity (Wildman–Crippen MR) is 112 cm³/mol. The lowest BCUT2D eigenvalue weighted by Crippen LogP contribution is -2.46. The molecule has 30 heavy (non-hydrogen) atoms. The Labute approximate surface area is 179 Å². The zero-order chi connectivity index (χ0) is 21.8. The van der Waals surface area contributed by atoms with Crippen LogP contribution in [0.3, 0.4) is 0 Å². The van der Waals surface area contributed by atoms with Crippen molar-refractivity contribution in [3.8, 4) is 5.75 Å². The normalized spacial score (nSPS) is 25.0. The molecule has 3 aliphatic heterocycles. The van der Waals surface area contributed by atoms with Gasteiger partial charge in [-0.1, -0.05) is 12.1 Å². The van der Waals surface area contributed by atoms with E-state index in [9.17, 15) is 14.4 Å². The lowest BCUT2D eigenvalue weighted by Gasteiger charge is -2.34. The molecule has 3 saturated heterocycles. The highest BCUT2D eigenvalue weighted by Gasteiger charge is 2.28. The van der Waals surface area contributed by atoms with Crippen molar-refractivity contribution in [1.29, 1.82) is 0 Å². The molecule has 3 amide bonds. The molecule has 3 aliphatic rings. The Hall–Kier alpha value is -2.41. The third kappa shape index (κ3) is 5.19. The number of likely N-dealkylation sites (tertiary alicyclic amines) is 2. The molecule has 0 radical (unpaired) electrons. The number of nitrogens with one attached hydrogen (secondary N) is 1. The van der Waals surface area contributed by atoms with Gasteiger partial charge >= 0.3 is 0 Å². The number of ether oxygens (including phenoxy) is 1. The maximum atomic E-state index is 12.5. The van der Waals surface area contributed by atoms with Gasteiger partial charge in [-0.3, -0.25) is 24.6 Å². The first-order valence-electron chi connectivity index (χ1n) is 11.6. The topological polar surface area (TPSA) is 79.0 Å². The third-order valence-corrected chi connectivity index (χ3v) is 6.32. The number of imide groups is 1. The highest BCUT2D eigenvalue weighted by molar-refractivity contribution is 5.99. The largest absolute Gasteiger partial charge is 0.481 e. The summed E-state index contributed by atoms with van der Waals surface area (Å²) in [7, 11) is 0. The molecule has 1 unspecified atom stereocenters. The van der Waals surface area contributed by atoms with E-state index in [4.69, 9.17) is 6.11 Å². The third-order valence-electron chi connectivity index (χ3n) is 6.32. The highest BCUT2D eigenvalue weighted by atomic mass is 16.5. The van der Waals surface area contributed by atoms with Gasteiger partial charge in [0.15, 0.2) is 6.10 Å². The fraction of sp³-hybridized carbons (Fsp3) is 0.609. The van der Waals surface area contributed by atoms with Gasteiger partial charge in [0.25, 0.3) is 5.91 Å². The Kier molecular flexibility index (Phi) is 6.25. The number of carbonyl (C=O) groups is 3. The van der Waals surface area contributed by atoms with E-state index >= 15 is 0 Å². The van der Waals surface area contributed by atoms with Crippen LogP contribution >= 0.6 is 0 Å². The van der Waals surface area contributed by atoms with Gasteiger partial charge in [-0.25, -0.2) is 0 Å². The second-order valence-corrected chi connectivity index (χ2v) is 8.42. The van der Waals surface area contributed by atoms with Crippen LogP contribution in [0, 0.1) is 0 Å². The van der Waals surface area contributed by atoms with Gasteiger partial charge in [-0.2, -0.15) is 0 Å². The number of carbonyl (C=O) groups excluding carboxylic acids is 3. The summed E-state index contributed by atoms with van der Waals surface area (Å²) < 4.78 is 13.5. The summed E-state index contributed by atoms with van der Waals surface area (Å²) in [5.74, 6) is 0.671. The van der Waals surface area contributed by atoms with E-state index < -0.39 is 6.10 Å².